The van der Waals surface area contributed by atoms with Gasteiger partial charge in [0.2, 0.25) is 6.42 Å². The summed E-state index contributed by atoms with van der Waals surface area (Å²) in [5, 5.41) is 5.50. The number of para-hydroxylation sites is 1. The molecule has 0 fully saturated rings. The third-order valence-corrected chi connectivity index (χ3v) is 9.00. The smallest absolute Gasteiger partial charge is 0.205 e. The van der Waals surface area contributed by atoms with Gasteiger partial charge in [0.15, 0.2) is 0 Å². The number of hydrazone groups is 1. The molecule has 0 saturated carbocycles. The van der Waals surface area contributed by atoms with E-state index in [-0.39, 0.29) is 5.41 Å². The maximum atomic E-state index is 6.26. The molecule has 0 amide bonds. The fourth-order valence-electron chi connectivity index (χ4n) is 3.78. The van der Waals surface area contributed by atoms with E-state index in [0.717, 1.165) is 16.8 Å². The van der Waals surface area contributed by atoms with Crippen molar-refractivity contribution in [2.24, 2.45) is 5.10 Å². The van der Waals surface area contributed by atoms with Gasteiger partial charge < -0.3 is 13.8 Å². The van der Waals surface area contributed by atoms with Gasteiger partial charge in [0.05, 0.1) is 17.8 Å². The summed E-state index contributed by atoms with van der Waals surface area (Å²) in [6, 6.07) is 12.2. The molecule has 5 nitrogen and oxygen atoms in total. The highest BCUT2D eigenvalue weighted by Crippen LogP contribution is 2.64. The van der Waals surface area contributed by atoms with Gasteiger partial charge in [-0.1, -0.05) is 32.0 Å². The molecule has 2 aliphatic rings. The Labute approximate surface area is 159 Å². The highest BCUT2D eigenvalue weighted by atomic mass is 32.4. The number of hydrogen-bond donors (Lipinski definition) is 0. The molecule has 0 unspecified atom stereocenters. The Morgan fingerprint density at radius 1 is 1.19 bits per heavy atom. The van der Waals surface area contributed by atoms with Crippen molar-refractivity contribution in [3.8, 4) is 0 Å². The standard InChI is InChI=1S/C19H22N3O2PS/c1-19(2)15-9-5-6-10-16(15)21(3)18(19)17-12-20-22(4)25(17,26)24-13-14-8-7-11-23-14/h5-12H,13H2,1-4H3/b18-17+/t25-/m0/s1. The van der Waals surface area contributed by atoms with Crippen LogP contribution in [0.5, 0.6) is 0 Å². The Morgan fingerprint density at radius 2 is 1.96 bits per heavy atom. The van der Waals surface area contributed by atoms with Gasteiger partial charge in [0.25, 0.3) is 0 Å². The van der Waals surface area contributed by atoms with Crippen LogP contribution in [0, 0.1) is 0 Å². The van der Waals surface area contributed by atoms with Crippen molar-refractivity contribution >= 4 is 30.1 Å². The predicted molar refractivity (Wildman–Crippen MR) is 109 cm³/mol. The van der Waals surface area contributed by atoms with Gasteiger partial charge in [0, 0.05) is 30.9 Å². The quantitative estimate of drug-likeness (QED) is 0.716. The van der Waals surface area contributed by atoms with E-state index in [1.54, 1.807) is 11.0 Å². The minimum absolute atomic E-state index is 0.171. The second kappa shape index (κ2) is 6.08. The molecule has 4 rings (SSSR count). The summed E-state index contributed by atoms with van der Waals surface area (Å²) >= 11 is 6.05. The number of allylic oxidation sites excluding steroid dienone is 2. The van der Waals surface area contributed by atoms with E-state index >= 15 is 0 Å². The number of fused-ring (bicyclic) bond motifs is 1. The minimum Gasteiger partial charge on any atom is -0.467 e. The monoisotopic (exact) mass is 387 g/mol. The van der Waals surface area contributed by atoms with Gasteiger partial charge in [-0.05, 0) is 35.6 Å². The summed E-state index contributed by atoms with van der Waals surface area (Å²) in [4.78, 5) is 2.23. The lowest BCUT2D eigenvalue weighted by Gasteiger charge is -2.31. The second-order valence-electron chi connectivity index (χ2n) is 7.04. The Hall–Kier alpha value is -1.88. The number of furan rings is 1. The zero-order chi connectivity index (χ0) is 18.5. The van der Waals surface area contributed by atoms with Crippen LogP contribution in [0.4, 0.5) is 5.69 Å². The van der Waals surface area contributed by atoms with Gasteiger partial charge in [-0.25, -0.2) is 4.78 Å². The minimum atomic E-state index is -2.48. The molecule has 2 aliphatic heterocycles. The first-order valence-corrected chi connectivity index (χ1v) is 11.2. The van der Waals surface area contributed by atoms with Gasteiger partial charge in [0.1, 0.15) is 12.4 Å². The van der Waals surface area contributed by atoms with Crippen LogP contribution in [0.25, 0.3) is 0 Å². The molecule has 26 heavy (non-hydrogen) atoms. The second-order valence-corrected chi connectivity index (χ2v) is 10.9. The van der Waals surface area contributed by atoms with Crippen molar-refractivity contribution in [2.45, 2.75) is 25.9 Å². The zero-order valence-electron chi connectivity index (χ0n) is 15.3. The number of anilines is 1. The van der Waals surface area contributed by atoms with Crippen LogP contribution in [-0.4, -0.2) is 25.1 Å². The molecular weight excluding hydrogens is 365 g/mol. The van der Waals surface area contributed by atoms with Crippen LogP contribution in [0.1, 0.15) is 25.2 Å². The first-order valence-electron chi connectivity index (χ1n) is 8.49. The SMILES string of the molecule is CN1/C(=C2\C=NN(C)[P@]2(=S)OCc2ccco2)C(C)(C)c2ccccc21. The lowest BCUT2D eigenvalue weighted by atomic mass is 9.84. The van der Waals surface area contributed by atoms with E-state index in [2.05, 4.69) is 55.2 Å². The number of likely N-dealkylation sites (N-methyl/N-ethyl adjacent to an activating group) is 1. The van der Waals surface area contributed by atoms with Crippen LogP contribution < -0.4 is 4.90 Å². The maximum absolute atomic E-state index is 6.26. The first kappa shape index (κ1) is 17.5. The summed E-state index contributed by atoms with van der Waals surface area (Å²) in [7, 11) is 3.98. The number of benzene rings is 1. The third kappa shape index (κ3) is 2.48. The maximum Gasteiger partial charge on any atom is 0.205 e. The van der Waals surface area contributed by atoms with Crippen LogP contribution >= 0.6 is 6.42 Å². The largest absolute Gasteiger partial charge is 0.467 e. The fourth-order valence-corrected chi connectivity index (χ4v) is 6.47. The fraction of sp³-hybridized carbons (Fsp3) is 0.316. The van der Waals surface area contributed by atoms with E-state index in [9.17, 15) is 0 Å². The molecule has 1 aromatic carbocycles. The molecule has 0 bridgehead atoms. The number of hydrogen-bond acceptors (Lipinski definition) is 5. The van der Waals surface area contributed by atoms with Gasteiger partial charge >= 0.3 is 0 Å². The van der Waals surface area contributed by atoms with Gasteiger partial charge in [-0.15, -0.1) is 0 Å². The zero-order valence-corrected chi connectivity index (χ0v) is 17.1. The van der Waals surface area contributed by atoms with Gasteiger partial charge in [-0.3, -0.25) is 0 Å². The Kier molecular flexibility index (Phi) is 4.10. The molecule has 0 radical (unpaired) electrons. The van der Waals surface area contributed by atoms with E-state index in [4.69, 9.17) is 20.7 Å². The summed E-state index contributed by atoms with van der Waals surface area (Å²) in [6.07, 6.45) is 1.04. The first-order chi connectivity index (χ1) is 12.4. The summed E-state index contributed by atoms with van der Waals surface area (Å²) in [5.74, 6) is 0.765. The molecule has 0 aliphatic carbocycles. The van der Waals surface area contributed by atoms with Crippen LogP contribution in [0.15, 0.2) is 63.2 Å². The molecule has 0 saturated heterocycles. The van der Waals surface area contributed by atoms with E-state index in [1.165, 1.54) is 11.3 Å². The van der Waals surface area contributed by atoms with Crippen LogP contribution in [-0.2, 0) is 28.4 Å². The van der Waals surface area contributed by atoms with Crippen molar-refractivity contribution < 1.29 is 8.94 Å². The van der Waals surface area contributed by atoms with E-state index in [1.807, 2.05) is 25.4 Å². The average molecular weight is 387 g/mol. The summed E-state index contributed by atoms with van der Waals surface area (Å²) < 4.78 is 13.5. The lowest BCUT2D eigenvalue weighted by Crippen LogP contribution is -2.25. The summed E-state index contributed by atoms with van der Waals surface area (Å²) in [6.45, 7) is 4.80. The molecular formula is C19H22N3O2PS. The number of nitrogens with zero attached hydrogens (tertiary/aromatic N) is 3. The predicted octanol–water partition coefficient (Wildman–Crippen LogP) is 4.68. The van der Waals surface area contributed by atoms with Crippen molar-refractivity contribution in [2.75, 3.05) is 19.0 Å². The summed E-state index contributed by atoms with van der Waals surface area (Å²) in [5.41, 5.74) is 3.49. The van der Waals surface area contributed by atoms with Crippen molar-refractivity contribution in [3.63, 3.8) is 0 Å². The van der Waals surface area contributed by atoms with Crippen LogP contribution in [0.3, 0.4) is 0 Å². The highest BCUT2D eigenvalue weighted by Gasteiger charge is 2.45. The molecule has 1 atom stereocenters. The van der Waals surface area contributed by atoms with Crippen molar-refractivity contribution in [1.82, 2.24) is 4.78 Å². The third-order valence-electron chi connectivity index (χ3n) is 5.10. The van der Waals surface area contributed by atoms with Crippen LogP contribution in [0.2, 0.25) is 0 Å². The lowest BCUT2D eigenvalue weighted by molar-refractivity contribution is 0.279. The molecule has 3 heterocycles. The average Bonchev–Trinajstić information content (AvgIpc) is 3.28. The molecule has 7 heteroatoms. The number of rotatable bonds is 3. The highest BCUT2D eigenvalue weighted by molar-refractivity contribution is 8.13. The molecule has 0 spiro atoms. The molecule has 136 valence electrons. The Balaban J connectivity index is 1.80. The van der Waals surface area contributed by atoms with Gasteiger partial charge in [-0.2, -0.15) is 5.10 Å². The topological polar surface area (TPSA) is 41.2 Å². The Bertz CT molecular complexity index is 949. The molecule has 0 N–H and O–H groups in total. The van der Waals surface area contributed by atoms with E-state index in [0.29, 0.717) is 6.61 Å². The normalized spacial score (nSPS) is 26.6. The van der Waals surface area contributed by atoms with Crippen molar-refractivity contribution in [1.29, 1.82) is 0 Å². The van der Waals surface area contributed by atoms with E-state index < -0.39 is 6.42 Å². The molecule has 2 aromatic rings. The Morgan fingerprint density at radius 3 is 2.65 bits per heavy atom. The molecule has 1 aromatic heterocycles. The van der Waals surface area contributed by atoms with Crippen molar-refractivity contribution in [3.05, 3.63) is 65.0 Å².